The summed E-state index contributed by atoms with van der Waals surface area (Å²) in [6.07, 6.45) is 5.44. The Bertz CT molecular complexity index is 725. The second-order valence-electron chi connectivity index (χ2n) is 4.06. The van der Waals surface area contributed by atoms with Gasteiger partial charge in [0.25, 0.3) is 0 Å². The molecular weight excluding hydrogens is 328 g/mol. The quantitative estimate of drug-likeness (QED) is 0.711. The summed E-state index contributed by atoms with van der Waals surface area (Å²) in [7, 11) is 0. The minimum atomic E-state index is 0.460. The van der Waals surface area contributed by atoms with Crippen LogP contribution in [-0.2, 0) is 6.54 Å². The van der Waals surface area contributed by atoms with Gasteiger partial charge >= 0.3 is 0 Å². The van der Waals surface area contributed by atoms with Gasteiger partial charge in [-0.05, 0) is 39.7 Å². The van der Waals surface area contributed by atoms with Crippen molar-refractivity contribution < 1.29 is 0 Å². The normalized spacial score (nSPS) is 10.8. The first-order chi connectivity index (χ1) is 9.24. The molecule has 0 amide bonds. The molecule has 3 heterocycles. The summed E-state index contributed by atoms with van der Waals surface area (Å²) in [6, 6.07) is 5.88. The topological polar surface area (TPSA) is 53.6 Å². The Labute approximate surface area is 123 Å². The molecule has 0 aromatic carbocycles. The van der Waals surface area contributed by atoms with Crippen molar-refractivity contribution in [3.8, 4) is 0 Å². The summed E-state index contributed by atoms with van der Waals surface area (Å²) in [5, 5.41) is 4.89. The van der Waals surface area contributed by atoms with E-state index in [0.717, 1.165) is 26.8 Å². The van der Waals surface area contributed by atoms with E-state index in [2.05, 4.69) is 36.2 Å². The van der Waals surface area contributed by atoms with Crippen LogP contribution in [0.25, 0.3) is 11.0 Å². The fourth-order valence-corrected chi connectivity index (χ4v) is 2.33. The molecule has 0 aliphatic heterocycles. The van der Waals surface area contributed by atoms with E-state index >= 15 is 0 Å². The van der Waals surface area contributed by atoms with E-state index < -0.39 is 0 Å². The van der Waals surface area contributed by atoms with Crippen LogP contribution >= 0.6 is 27.5 Å². The second kappa shape index (κ2) is 5.19. The van der Waals surface area contributed by atoms with Gasteiger partial charge in [0.15, 0.2) is 0 Å². The molecule has 0 saturated carbocycles. The number of nitrogens with zero attached hydrogens (tertiary/aromatic N) is 2. The van der Waals surface area contributed by atoms with E-state index in [-0.39, 0.29) is 0 Å². The molecule has 2 N–H and O–H groups in total. The maximum absolute atomic E-state index is 5.86. The van der Waals surface area contributed by atoms with Crippen LogP contribution in [0.2, 0.25) is 5.15 Å². The largest absolute Gasteiger partial charge is 0.380 e. The summed E-state index contributed by atoms with van der Waals surface area (Å²) in [5.74, 6) is 0. The molecule has 0 atom stereocenters. The van der Waals surface area contributed by atoms with Gasteiger partial charge in [-0.3, -0.25) is 0 Å². The van der Waals surface area contributed by atoms with Crippen molar-refractivity contribution in [3.05, 3.63) is 52.0 Å². The molecule has 0 fully saturated rings. The molecule has 19 heavy (non-hydrogen) atoms. The first kappa shape index (κ1) is 12.4. The lowest BCUT2D eigenvalue weighted by Gasteiger charge is -2.06. The molecule has 3 aromatic rings. The molecule has 0 aliphatic carbocycles. The minimum absolute atomic E-state index is 0.460. The standard InChI is InChI=1S/C13H10BrClN4/c14-11-4-9(7-18-12(11)15)17-5-8-6-19-13-10(8)2-1-3-16-13/h1-4,6-7,17H,5H2,(H,16,19). The van der Waals surface area contributed by atoms with Crippen LogP contribution < -0.4 is 5.32 Å². The number of aromatic amines is 1. The van der Waals surface area contributed by atoms with Crippen molar-refractivity contribution in [2.24, 2.45) is 0 Å². The van der Waals surface area contributed by atoms with E-state index in [1.165, 1.54) is 0 Å². The molecule has 96 valence electrons. The zero-order valence-corrected chi connectivity index (χ0v) is 12.2. The van der Waals surface area contributed by atoms with Gasteiger partial charge in [-0.15, -0.1) is 0 Å². The highest BCUT2D eigenvalue weighted by molar-refractivity contribution is 9.10. The number of pyridine rings is 2. The average molecular weight is 338 g/mol. The predicted octanol–water partition coefficient (Wildman–Crippen LogP) is 3.99. The van der Waals surface area contributed by atoms with Gasteiger partial charge in [-0.25, -0.2) is 9.97 Å². The Morgan fingerprint density at radius 1 is 1.37 bits per heavy atom. The van der Waals surface area contributed by atoms with Crippen LogP contribution in [0.3, 0.4) is 0 Å². The van der Waals surface area contributed by atoms with Gasteiger partial charge < -0.3 is 10.3 Å². The van der Waals surface area contributed by atoms with Crippen molar-refractivity contribution in [1.82, 2.24) is 15.0 Å². The average Bonchev–Trinajstić information content (AvgIpc) is 2.83. The molecule has 0 aliphatic rings. The Kier molecular flexibility index (Phi) is 3.40. The van der Waals surface area contributed by atoms with Crippen LogP contribution in [0.4, 0.5) is 5.69 Å². The third-order valence-corrected chi connectivity index (χ3v) is 3.95. The van der Waals surface area contributed by atoms with E-state index in [4.69, 9.17) is 11.6 Å². The van der Waals surface area contributed by atoms with Crippen molar-refractivity contribution in [3.63, 3.8) is 0 Å². The van der Waals surface area contributed by atoms with Crippen LogP contribution in [0.1, 0.15) is 5.56 Å². The fraction of sp³-hybridized carbons (Fsp3) is 0.0769. The zero-order valence-electron chi connectivity index (χ0n) is 9.82. The van der Waals surface area contributed by atoms with Crippen LogP contribution in [-0.4, -0.2) is 15.0 Å². The molecule has 0 unspecified atom stereocenters. The Morgan fingerprint density at radius 2 is 2.26 bits per heavy atom. The zero-order chi connectivity index (χ0) is 13.2. The first-order valence-electron chi connectivity index (χ1n) is 5.70. The van der Waals surface area contributed by atoms with Gasteiger partial charge in [-0.1, -0.05) is 11.6 Å². The third kappa shape index (κ3) is 2.57. The number of halogens is 2. The number of H-pyrrole nitrogens is 1. The number of aromatic nitrogens is 3. The van der Waals surface area contributed by atoms with Gasteiger partial charge in [-0.2, -0.15) is 0 Å². The highest BCUT2D eigenvalue weighted by atomic mass is 79.9. The summed E-state index contributed by atoms with van der Waals surface area (Å²) in [6.45, 7) is 0.696. The van der Waals surface area contributed by atoms with Gasteiger partial charge in [0.2, 0.25) is 0 Å². The van der Waals surface area contributed by atoms with Crippen LogP contribution in [0.5, 0.6) is 0 Å². The number of fused-ring (bicyclic) bond motifs is 1. The van der Waals surface area contributed by atoms with Crippen molar-refractivity contribution >= 4 is 44.3 Å². The van der Waals surface area contributed by atoms with E-state index in [1.807, 2.05) is 24.4 Å². The minimum Gasteiger partial charge on any atom is -0.380 e. The Hall–Kier alpha value is -1.59. The van der Waals surface area contributed by atoms with Gasteiger partial charge in [0, 0.05) is 24.3 Å². The number of rotatable bonds is 3. The number of hydrogen-bond acceptors (Lipinski definition) is 3. The highest BCUT2D eigenvalue weighted by Crippen LogP contribution is 2.24. The Morgan fingerprint density at radius 3 is 3.11 bits per heavy atom. The maximum atomic E-state index is 5.86. The summed E-state index contributed by atoms with van der Waals surface area (Å²) in [4.78, 5) is 11.5. The summed E-state index contributed by atoms with van der Waals surface area (Å²) < 4.78 is 0.778. The molecule has 3 rings (SSSR count). The molecule has 6 heteroatoms. The SMILES string of the molecule is Clc1ncc(NCc2c[nH]c3ncccc23)cc1Br. The monoisotopic (exact) mass is 336 g/mol. The maximum Gasteiger partial charge on any atom is 0.143 e. The lowest BCUT2D eigenvalue weighted by molar-refractivity contribution is 1.15. The third-order valence-electron chi connectivity index (χ3n) is 2.82. The second-order valence-corrected chi connectivity index (χ2v) is 5.28. The van der Waals surface area contributed by atoms with Crippen LogP contribution in [0, 0.1) is 0 Å². The predicted molar refractivity (Wildman–Crippen MR) is 80.4 cm³/mol. The molecule has 0 radical (unpaired) electrons. The highest BCUT2D eigenvalue weighted by Gasteiger charge is 2.04. The molecule has 4 nitrogen and oxygen atoms in total. The van der Waals surface area contributed by atoms with E-state index in [0.29, 0.717) is 11.7 Å². The van der Waals surface area contributed by atoms with Crippen molar-refractivity contribution in [1.29, 1.82) is 0 Å². The molecule has 0 spiro atoms. The summed E-state index contributed by atoms with van der Waals surface area (Å²) >= 11 is 9.21. The van der Waals surface area contributed by atoms with Crippen molar-refractivity contribution in [2.45, 2.75) is 6.54 Å². The number of nitrogens with one attached hydrogen (secondary N) is 2. The van der Waals surface area contributed by atoms with E-state index in [9.17, 15) is 0 Å². The van der Waals surface area contributed by atoms with Crippen molar-refractivity contribution in [2.75, 3.05) is 5.32 Å². The molecule has 0 bridgehead atoms. The number of anilines is 1. The lowest BCUT2D eigenvalue weighted by atomic mass is 10.2. The van der Waals surface area contributed by atoms with E-state index in [1.54, 1.807) is 12.4 Å². The molecule has 0 saturated heterocycles. The van der Waals surface area contributed by atoms with Gasteiger partial charge in [0.05, 0.1) is 16.4 Å². The smallest absolute Gasteiger partial charge is 0.143 e. The molecule has 3 aromatic heterocycles. The summed E-state index contributed by atoms with van der Waals surface area (Å²) in [5.41, 5.74) is 2.97. The van der Waals surface area contributed by atoms with Gasteiger partial charge in [0.1, 0.15) is 10.8 Å². The Balaban J connectivity index is 1.80. The first-order valence-corrected chi connectivity index (χ1v) is 6.87. The van der Waals surface area contributed by atoms with Crippen LogP contribution in [0.15, 0.2) is 41.3 Å². The lowest BCUT2D eigenvalue weighted by Crippen LogP contribution is -1.99. The molecular formula is C13H10BrClN4. The fourth-order valence-electron chi connectivity index (χ4n) is 1.87. The number of hydrogen-bond donors (Lipinski definition) is 2.